The lowest BCUT2D eigenvalue weighted by Crippen LogP contribution is -2.27. The average molecular weight is 448 g/mol. The zero-order chi connectivity index (χ0) is 20.7. The maximum absolute atomic E-state index is 11.8. The third-order valence-electron chi connectivity index (χ3n) is 4.07. The van der Waals surface area contributed by atoms with Gasteiger partial charge in [0.2, 0.25) is 0 Å². The molecule has 0 aromatic heterocycles. The van der Waals surface area contributed by atoms with E-state index < -0.39 is 0 Å². The van der Waals surface area contributed by atoms with Crippen molar-refractivity contribution in [3.63, 3.8) is 0 Å². The second kappa shape index (κ2) is 10.1. The molecule has 28 heavy (non-hydrogen) atoms. The lowest BCUT2D eigenvalue weighted by Gasteiger charge is -2.17. The van der Waals surface area contributed by atoms with Gasteiger partial charge in [-0.2, -0.15) is 5.10 Å². The first kappa shape index (κ1) is 21.8. The van der Waals surface area contributed by atoms with Gasteiger partial charge in [-0.1, -0.05) is 17.7 Å². The molecule has 150 valence electrons. The number of halogens is 1. The van der Waals surface area contributed by atoms with Gasteiger partial charge < -0.3 is 14.4 Å². The molecule has 0 aliphatic rings. The van der Waals surface area contributed by atoms with E-state index in [0.717, 1.165) is 17.8 Å². The topological polar surface area (TPSA) is 54.4 Å². The van der Waals surface area contributed by atoms with Gasteiger partial charge in [0.05, 0.1) is 23.5 Å². The monoisotopic (exact) mass is 447 g/mol. The number of aryl methyl sites for hydroxylation is 1. The predicted molar refractivity (Wildman–Crippen MR) is 117 cm³/mol. The lowest BCUT2D eigenvalue weighted by atomic mass is 10.2. The second-order valence-electron chi connectivity index (χ2n) is 6.41. The third-order valence-corrected chi connectivity index (χ3v) is 4.66. The summed E-state index contributed by atoms with van der Waals surface area (Å²) < 4.78 is 11.8. The summed E-state index contributed by atoms with van der Waals surface area (Å²) >= 11 is 3.50. The molecule has 2 aromatic carbocycles. The summed E-state index contributed by atoms with van der Waals surface area (Å²) in [6, 6.07) is 11.9. The van der Waals surface area contributed by atoms with Gasteiger partial charge in [0.25, 0.3) is 5.91 Å². The number of hydrogen-bond donors (Lipinski definition) is 0. The van der Waals surface area contributed by atoms with E-state index >= 15 is 0 Å². The number of carbonyl (C=O) groups excluding carboxylic acids is 1. The van der Waals surface area contributed by atoms with Gasteiger partial charge >= 0.3 is 0 Å². The molecule has 0 saturated heterocycles. The van der Waals surface area contributed by atoms with Crippen molar-refractivity contribution in [1.29, 1.82) is 0 Å². The van der Waals surface area contributed by atoms with Crippen LogP contribution in [0.25, 0.3) is 0 Å². The van der Waals surface area contributed by atoms with Gasteiger partial charge in [-0.05, 0) is 59.6 Å². The van der Waals surface area contributed by atoms with Crippen molar-refractivity contribution in [1.82, 2.24) is 4.90 Å². The smallest absolute Gasteiger partial charge is 0.259 e. The molecule has 0 aliphatic heterocycles. The van der Waals surface area contributed by atoms with E-state index in [1.54, 1.807) is 27.4 Å². The Morgan fingerprint density at radius 2 is 1.89 bits per heavy atom. The van der Waals surface area contributed by atoms with E-state index in [-0.39, 0.29) is 12.5 Å². The molecule has 2 rings (SSSR count). The van der Waals surface area contributed by atoms with Crippen LogP contribution >= 0.6 is 15.9 Å². The van der Waals surface area contributed by atoms with E-state index in [1.807, 2.05) is 36.2 Å². The van der Waals surface area contributed by atoms with Gasteiger partial charge in [-0.3, -0.25) is 9.80 Å². The molecule has 0 radical (unpaired) electrons. The van der Waals surface area contributed by atoms with Crippen LogP contribution in [-0.4, -0.2) is 51.4 Å². The molecule has 0 atom stereocenters. The maximum Gasteiger partial charge on any atom is 0.259 e. The van der Waals surface area contributed by atoms with Crippen molar-refractivity contribution < 1.29 is 14.3 Å². The van der Waals surface area contributed by atoms with Crippen molar-refractivity contribution in [2.75, 3.05) is 39.4 Å². The van der Waals surface area contributed by atoms with E-state index in [2.05, 4.69) is 40.1 Å². The second-order valence-corrected chi connectivity index (χ2v) is 7.26. The average Bonchev–Trinajstić information content (AvgIpc) is 2.68. The number of hydrogen-bond acceptors (Lipinski definition) is 5. The van der Waals surface area contributed by atoms with Gasteiger partial charge in [-0.15, -0.1) is 0 Å². The highest BCUT2D eigenvalue weighted by Crippen LogP contribution is 2.36. The van der Waals surface area contributed by atoms with Crippen molar-refractivity contribution >= 4 is 33.7 Å². The fourth-order valence-electron chi connectivity index (χ4n) is 2.40. The molecule has 0 bridgehead atoms. The largest absolute Gasteiger partial charge is 0.493 e. The van der Waals surface area contributed by atoms with Gasteiger partial charge in [0.1, 0.15) is 0 Å². The number of benzene rings is 2. The number of methoxy groups -OCH3 is 1. The summed E-state index contributed by atoms with van der Waals surface area (Å²) in [5.74, 6) is 0.887. The summed E-state index contributed by atoms with van der Waals surface area (Å²) in [5.41, 5.74) is 3.08. The normalized spacial score (nSPS) is 10.8. The van der Waals surface area contributed by atoms with Crippen molar-refractivity contribution in [2.45, 2.75) is 13.8 Å². The molecule has 0 fully saturated rings. The summed E-state index contributed by atoms with van der Waals surface area (Å²) in [6.45, 7) is 4.79. The number of hydrazone groups is 1. The number of rotatable bonds is 8. The molecule has 0 aliphatic carbocycles. The van der Waals surface area contributed by atoms with Crippen LogP contribution in [0.15, 0.2) is 46.0 Å². The number of amides is 1. The molecule has 2 aromatic rings. The molecule has 0 saturated carbocycles. The zero-order valence-corrected chi connectivity index (χ0v) is 18.5. The highest BCUT2D eigenvalue weighted by atomic mass is 79.9. The summed E-state index contributed by atoms with van der Waals surface area (Å²) in [4.78, 5) is 13.3. The highest BCUT2D eigenvalue weighted by molar-refractivity contribution is 9.10. The zero-order valence-electron chi connectivity index (χ0n) is 16.9. The molecule has 0 spiro atoms. The highest BCUT2D eigenvalue weighted by Gasteiger charge is 2.14. The summed E-state index contributed by atoms with van der Waals surface area (Å²) in [7, 11) is 4.93. The minimum atomic E-state index is -0.128. The van der Waals surface area contributed by atoms with E-state index in [0.29, 0.717) is 16.0 Å². The van der Waals surface area contributed by atoms with E-state index in [9.17, 15) is 4.79 Å². The Morgan fingerprint density at radius 3 is 2.46 bits per heavy atom. The molecule has 7 heteroatoms. The van der Waals surface area contributed by atoms with Crippen LogP contribution in [0.4, 0.5) is 5.69 Å². The van der Waals surface area contributed by atoms with Crippen LogP contribution in [0.2, 0.25) is 0 Å². The Bertz CT molecular complexity index is 836. The summed E-state index contributed by atoms with van der Waals surface area (Å²) in [6.07, 6.45) is 1.77. The van der Waals surface area contributed by atoms with Crippen molar-refractivity contribution in [2.24, 2.45) is 5.10 Å². The quantitative estimate of drug-likeness (QED) is 0.451. The van der Waals surface area contributed by atoms with Crippen LogP contribution in [0.1, 0.15) is 18.1 Å². The van der Waals surface area contributed by atoms with Crippen LogP contribution in [0.5, 0.6) is 11.5 Å². The van der Waals surface area contributed by atoms with Gasteiger partial charge in [0, 0.05) is 20.6 Å². The predicted octanol–water partition coefficient (Wildman–Crippen LogP) is 4.09. The number of carbonyl (C=O) groups is 1. The van der Waals surface area contributed by atoms with E-state index in [1.165, 1.54) is 10.5 Å². The Morgan fingerprint density at radius 1 is 1.21 bits per heavy atom. The molecule has 0 unspecified atom stereocenters. The fraction of sp³-hybridized carbons (Fsp3) is 0.333. The van der Waals surface area contributed by atoms with Crippen LogP contribution in [0.3, 0.4) is 0 Å². The first-order valence-corrected chi connectivity index (χ1v) is 9.73. The molecule has 1 amide bonds. The molecular formula is C21H26BrN3O3. The minimum absolute atomic E-state index is 0.0631. The number of nitrogens with zero attached hydrogens (tertiary/aromatic N) is 3. The standard InChI is InChI=1S/C21H26BrN3O3/c1-6-25(17-9-7-15(2)8-10-17)23-13-16-11-18(22)21(19(12-16)27-5)28-14-20(26)24(3)4/h7-13H,6,14H2,1-5H3/b23-13+. The maximum atomic E-state index is 11.8. The van der Waals surface area contributed by atoms with Crippen LogP contribution in [0, 0.1) is 6.92 Å². The van der Waals surface area contributed by atoms with Crippen molar-refractivity contribution in [3.8, 4) is 11.5 Å². The first-order valence-electron chi connectivity index (χ1n) is 8.94. The van der Waals surface area contributed by atoms with E-state index in [4.69, 9.17) is 9.47 Å². The lowest BCUT2D eigenvalue weighted by molar-refractivity contribution is -0.130. The molecule has 0 heterocycles. The number of anilines is 1. The SMILES string of the molecule is CCN(/N=C/c1cc(Br)c(OCC(=O)N(C)C)c(OC)c1)c1ccc(C)cc1. The molecular weight excluding hydrogens is 422 g/mol. The van der Waals surface area contributed by atoms with Crippen LogP contribution < -0.4 is 14.5 Å². The summed E-state index contributed by atoms with van der Waals surface area (Å²) in [5, 5.41) is 6.50. The van der Waals surface area contributed by atoms with Crippen molar-refractivity contribution in [3.05, 3.63) is 52.0 Å². The van der Waals surface area contributed by atoms with Crippen LogP contribution in [-0.2, 0) is 4.79 Å². The Balaban J connectivity index is 2.21. The Kier molecular flexibility index (Phi) is 7.87. The Labute approximate surface area is 174 Å². The van der Waals surface area contributed by atoms with Gasteiger partial charge in [0.15, 0.2) is 18.1 Å². The number of ether oxygens (including phenoxy) is 2. The third kappa shape index (κ3) is 5.73. The van der Waals surface area contributed by atoms with Gasteiger partial charge in [-0.25, -0.2) is 0 Å². The fourth-order valence-corrected chi connectivity index (χ4v) is 2.98. The first-order chi connectivity index (χ1) is 13.3. The Hall–Kier alpha value is -2.54. The minimum Gasteiger partial charge on any atom is -0.493 e. The molecule has 0 N–H and O–H groups in total. The molecule has 6 nitrogen and oxygen atoms in total. The number of likely N-dealkylation sites (N-methyl/N-ethyl adjacent to an activating group) is 1.